The van der Waals surface area contributed by atoms with Crippen LogP contribution in [0.5, 0.6) is 5.75 Å². The average molecular weight is 355 g/mol. The first kappa shape index (κ1) is 19.6. The third-order valence-electron chi connectivity index (χ3n) is 3.42. The number of urea groups is 1. The van der Waals surface area contributed by atoms with E-state index in [1.165, 1.54) is 26.3 Å². The molecule has 0 spiro atoms. The van der Waals surface area contributed by atoms with Gasteiger partial charge in [0, 0.05) is 13.6 Å². The van der Waals surface area contributed by atoms with Crippen LogP contribution in [0.4, 0.5) is 10.5 Å². The minimum atomic E-state index is -2.65. The minimum Gasteiger partial charge on any atom is -0.494 e. The molecule has 24 heavy (non-hydrogen) atoms. The highest BCUT2D eigenvalue weighted by atomic mass is 32.2. The van der Waals surface area contributed by atoms with E-state index in [1.807, 2.05) is 6.92 Å². The second kappa shape index (κ2) is 9.02. The molecule has 3 amide bonds. The normalized spacial score (nSPS) is 11.3. The summed E-state index contributed by atoms with van der Waals surface area (Å²) in [5, 5.41) is 2.44. The lowest BCUT2D eigenvalue weighted by atomic mass is 9.98. The molecule has 1 unspecified atom stereocenters. The molecule has 9 heteroatoms. The molecule has 8 nitrogen and oxygen atoms in total. The molecule has 0 fully saturated rings. The van der Waals surface area contributed by atoms with Crippen LogP contribution in [0, 0.1) is 0 Å². The van der Waals surface area contributed by atoms with Crippen molar-refractivity contribution in [1.82, 2.24) is 10.2 Å². The van der Waals surface area contributed by atoms with Crippen molar-refractivity contribution >= 4 is 28.1 Å². The smallest absolute Gasteiger partial charge is 0.323 e. The summed E-state index contributed by atoms with van der Waals surface area (Å²) in [7, 11) is 0.203. The molecular weight excluding hydrogens is 334 g/mol. The fraction of sp³-hybridized carbons (Fsp3) is 0.467. The number of nitrogens with one attached hydrogen (secondary N) is 1. The Labute approximate surface area is 142 Å². The summed E-state index contributed by atoms with van der Waals surface area (Å²) < 4.78 is 30.2. The highest BCUT2D eigenvalue weighted by Gasteiger charge is 2.26. The van der Waals surface area contributed by atoms with Gasteiger partial charge in [-0.25, -0.2) is 4.79 Å². The maximum Gasteiger partial charge on any atom is 0.323 e. The topological polar surface area (TPSA) is 105 Å². The Morgan fingerprint density at radius 1 is 1.38 bits per heavy atom. The van der Waals surface area contributed by atoms with E-state index in [0.29, 0.717) is 18.5 Å². The third-order valence-corrected chi connectivity index (χ3v) is 3.76. The molecule has 0 bridgehead atoms. The van der Waals surface area contributed by atoms with Crippen molar-refractivity contribution in [3.8, 4) is 5.75 Å². The fourth-order valence-electron chi connectivity index (χ4n) is 2.17. The van der Waals surface area contributed by atoms with Gasteiger partial charge in [-0.3, -0.25) is 9.69 Å². The van der Waals surface area contributed by atoms with Crippen molar-refractivity contribution in [3.05, 3.63) is 23.8 Å². The van der Waals surface area contributed by atoms with Gasteiger partial charge >= 0.3 is 16.5 Å². The highest BCUT2D eigenvalue weighted by molar-refractivity contribution is 7.61. The maximum atomic E-state index is 12.6. The quantitative estimate of drug-likeness (QED) is 0.841. The molecule has 0 saturated heterocycles. The molecule has 0 saturated carbocycles. The summed E-state index contributed by atoms with van der Waals surface area (Å²) in [6, 6.07) is 4.16. The van der Waals surface area contributed by atoms with Crippen LogP contribution in [0.25, 0.3) is 0 Å². The predicted octanol–water partition coefficient (Wildman–Crippen LogP) is 2.07. The Morgan fingerprint density at radius 3 is 2.54 bits per heavy atom. The van der Waals surface area contributed by atoms with E-state index >= 15 is 0 Å². The number of carbonyl (C=O) groups excluding carboxylic acids is 2. The zero-order valence-corrected chi connectivity index (χ0v) is 14.9. The van der Waals surface area contributed by atoms with E-state index in [1.54, 1.807) is 13.0 Å². The van der Waals surface area contributed by atoms with Gasteiger partial charge in [-0.1, -0.05) is 13.0 Å². The first-order valence-corrected chi connectivity index (χ1v) is 8.41. The molecule has 0 aliphatic heterocycles. The van der Waals surface area contributed by atoms with Crippen molar-refractivity contribution in [2.24, 2.45) is 4.36 Å². The highest BCUT2D eigenvalue weighted by Crippen LogP contribution is 2.31. The average Bonchev–Trinajstić information content (AvgIpc) is 2.57. The van der Waals surface area contributed by atoms with Crippen LogP contribution in [0.15, 0.2) is 22.6 Å². The molecule has 1 aromatic carbocycles. The zero-order valence-electron chi connectivity index (χ0n) is 14.1. The first-order chi connectivity index (χ1) is 11.3. The zero-order chi connectivity index (χ0) is 18.3. The van der Waals surface area contributed by atoms with Crippen LogP contribution in [0.2, 0.25) is 0 Å². The summed E-state index contributed by atoms with van der Waals surface area (Å²) in [6.45, 7) is 3.80. The number of hydrogen-bond acceptors (Lipinski definition) is 6. The van der Waals surface area contributed by atoms with E-state index in [9.17, 15) is 18.0 Å². The molecule has 0 aromatic heterocycles. The Morgan fingerprint density at radius 2 is 2.04 bits per heavy atom. The van der Waals surface area contributed by atoms with Gasteiger partial charge in [0.05, 0.1) is 13.0 Å². The largest absolute Gasteiger partial charge is 0.494 e. The number of ether oxygens (including phenoxy) is 1. The van der Waals surface area contributed by atoms with E-state index in [-0.39, 0.29) is 17.3 Å². The number of carbonyl (C=O) groups is 2. The number of methoxy groups -OCH3 is 1. The van der Waals surface area contributed by atoms with Gasteiger partial charge in [0.25, 0.3) is 0 Å². The SMILES string of the molecule is CCCN(C(=O)NC)C(=O)C(C)c1ccc(OC)c(N=S(=O)=O)c1. The van der Waals surface area contributed by atoms with Gasteiger partial charge in [-0.05, 0) is 31.0 Å². The van der Waals surface area contributed by atoms with Crippen molar-refractivity contribution in [2.75, 3.05) is 20.7 Å². The second-order valence-electron chi connectivity index (χ2n) is 5.01. The van der Waals surface area contributed by atoms with Crippen LogP contribution < -0.4 is 10.1 Å². The molecule has 0 aliphatic rings. The van der Waals surface area contributed by atoms with Crippen LogP contribution in [-0.4, -0.2) is 46.0 Å². The lowest BCUT2D eigenvalue weighted by Crippen LogP contribution is -2.44. The molecule has 1 atom stereocenters. The third kappa shape index (κ3) is 4.79. The molecule has 0 radical (unpaired) electrons. The summed E-state index contributed by atoms with van der Waals surface area (Å²) in [4.78, 5) is 25.6. The van der Waals surface area contributed by atoms with Gasteiger partial charge in [0.2, 0.25) is 5.91 Å². The van der Waals surface area contributed by atoms with E-state index in [4.69, 9.17) is 4.74 Å². The molecule has 0 heterocycles. The monoisotopic (exact) mass is 355 g/mol. The summed E-state index contributed by atoms with van der Waals surface area (Å²) in [5.74, 6) is -0.747. The molecule has 0 aliphatic carbocycles. The summed E-state index contributed by atoms with van der Waals surface area (Å²) in [5.41, 5.74) is 0.639. The number of imide groups is 1. The predicted molar refractivity (Wildman–Crippen MR) is 88.9 cm³/mol. The number of amides is 3. The van der Waals surface area contributed by atoms with Gasteiger partial charge in [-0.15, -0.1) is 4.36 Å². The van der Waals surface area contributed by atoms with Crippen molar-refractivity contribution < 1.29 is 22.7 Å². The maximum absolute atomic E-state index is 12.6. The lowest BCUT2D eigenvalue weighted by molar-refractivity contribution is -0.129. The number of hydrogen-bond donors (Lipinski definition) is 1. The first-order valence-electron chi connectivity index (χ1n) is 7.37. The van der Waals surface area contributed by atoms with E-state index in [2.05, 4.69) is 9.68 Å². The van der Waals surface area contributed by atoms with Gasteiger partial charge in [0.15, 0.2) is 0 Å². The summed E-state index contributed by atoms with van der Waals surface area (Å²) in [6.07, 6.45) is 0.629. The fourth-order valence-corrected chi connectivity index (χ4v) is 2.48. The van der Waals surface area contributed by atoms with Gasteiger partial charge in [0.1, 0.15) is 11.4 Å². The molecule has 1 rings (SSSR count). The van der Waals surface area contributed by atoms with Crippen molar-refractivity contribution in [2.45, 2.75) is 26.2 Å². The van der Waals surface area contributed by atoms with E-state index in [0.717, 1.165) is 4.90 Å². The minimum absolute atomic E-state index is 0.102. The van der Waals surface area contributed by atoms with E-state index < -0.39 is 22.4 Å². The summed E-state index contributed by atoms with van der Waals surface area (Å²) >= 11 is 0. The Bertz CT molecular complexity index is 737. The number of benzene rings is 1. The van der Waals surface area contributed by atoms with Crippen LogP contribution in [0.3, 0.4) is 0 Å². The Kier molecular flexibility index (Phi) is 7.37. The molecule has 1 N–H and O–H groups in total. The number of rotatable bonds is 6. The molecular formula is C15H21N3O5S. The Hall–Kier alpha value is -2.42. The lowest BCUT2D eigenvalue weighted by Gasteiger charge is -2.23. The van der Waals surface area contributed by atoms with Crippen LogP contribution in [-0.2, 0) is 15.3 Å². The Balaban J connectivity index is 3.22. The van der Waals surface area contributed by atoms with Crippen LogP contribution >= 0.6 is 0 Å². The second-order valence-corrected chi connectivity index (χ2v) is 5.62. The van der Waals surface area contributed by atoms with Crippen molar-refractivity contribution in [1.29, 1.82) is 0 Å². The van der Waals surface area contributed by atoms with Gasteiger partial charge < -0.3 is 10.1 Å². The standard InChI is InChI=1S/C15H21N3O5S/c1-5-8-18(15(20)16-3)14(19)10(2)11-6-7-13(23-4)12(9-11)17-24(21)22/h6-7,9-10H,5,8H2,1-4H3,(H,16,20). The van der Waals surface area contributed by atoms with Crippen molar-refractivity contribution in [3.63, 3.8) is 0 Å². The molecule has 1 aromatic rings. The van der Waals surface area contributed by atoms with Crippen LogP contribution in [0.1, 0.15) is 31.7 Å². The number of nitrogens with zero attached hydrogens (tertiary/aromatic N) is 2. The molecule has 132 valence electrons. The van der Waals surface area contributed by atoms with Gasteiger partial charge in [-0.2, -0.15) is 8.42 Å².